The van der Waals surface area contributed by atoms with Gasteiger partial charge in [-0.2, -0.15) is 30.7 Å². The van der Waals surface area contributed by atoms with Crippen LogP contribution in [0.5, 0.6) is 0 Å². The summed E-state index contributed by atoms with van der Waals surface area (Å²) < 4.78 is 93.2. The molecule has 0 aromatic heterocycles. The van der Waals surface area contributed by atoms with Crippen LogP contribution < -0.4 is 5.32 Å². The third-order valence-corrected chi connectivity index (χ3v) is 4.98. The highest BCUT2D eigenvalue weighted by Gasteiger charge is 2.76. The van der Waals surface area contributed by atoms with Crippen LogP contribution in [0.25, 0.3) is 0 Å². The van der Waals surface area contributed by atoms with E-state index in [1.165, 1.54) is 38.5 Å². The number of carbonyl (C=O) groups excluding carboxylic acids is 2. The molecule has 0 saturated heterocycles. The molecule has 32 heavy (non-hydrogen) atoms. The molecule has 0 aromatic rings. The number of amides is 1. The Bertz CT molecular complexity index is 554. The molecule has 0 aliphatic rings. The molecule has 1 amide bonds. The first kappa shape index (κ1) is 30.4. The molecular formula is C21H34F7NO3. The topological polar surface area (TPSA) is 55.4 Å². The molecule has 0 heterocycles. The maximum atomic E-state index is 13.3. The van der Waals surface area contributed by atoms with Crippen molar-refractivity contribution in [2.75, 3.05) is 6.61 Å². The minimum Gasteiger partial charge on any atom is -0.464 e. The smallest absolute Gasteiger partial charge is 0.460 e. The van der Waals surface area contributed by atoms with E-state index in [4.69, 9.17) is 4.74 Å². The Hall–Kier alpha value is -1.55. The Morgan fingerprint density at radius 3 is 1.56 bits per heavy atom. The fraction of sp³-hybridized carbons (Fsp3) is 0.905. The van der Waals surface area contributed by atoms with Crippen molar-refractivity contribution in [1.29, 1.82) is 0 Å². The zero-order chi connectivity index (χ0) is 24.8. The van der Waals surface area contributed by atoms with Crippen molar-refractivity contribution in [3.8, 4) is 0 Å². The predicted molar refractivity (Wildman–Crippen MR) is 106 cm³/mol. The summed E-state index contributed by atoms with van der Waals surface area (Å²) in [6.07, 6.45) is 6.29. The summed E-state index contributed by atoms with van der Waals surface area (Å²) in [5.74, 6) is -16.8. The van der Waals surface area contributed by atoms with Gasteiger partial charge in [0, 0.05) is 0 Å². The van der Waals surface area contributed by atoms with Gasteiger partial charge in [-0.3, -0.25) is 4.79 Å². The average Bonchev–Trinajstić information content (AvgIpc) is 2.70. The fourth-order valence-corrected chi connectivity index (χ4v) is 2.91. The lowest BCUT2D eigenvalue weighted by Gasteiger charge is -2.27. The Morgan fingerprint density at radius 1 is 0.750 bits per heavy atom. The number of nitrogens with one attached hydrogen (secondary N) is 1. The molecule has 1 atom stereocenters. The van der Waals surface area contributed by atoms with Gasteiger partial charge in [-0.1, -0.05) is 77.6 Å². The van der Waals surface area contributed by atoms with E-state index in [0.717, 1.165) is 44.3 Å². The average molecular weight is 481 g/mol. The number of halogens is 7. The normalized spacial score (nSPS) is 13.7. The number of esters is 1. The number of rotatable bonds is 17. The standard InChI is InChI=1S/C21H34F7NO3/c1-3-4-5-6-7-8-9-10-11-12-13-14-15-32-17(30)16(2)29-18(31)19(22,23)20(24,25)21(26,27)28/h16H,3-15H2,1-2H3,(H,29,31). The number of ether oxygens (including phenoxy) is 1. The van der Waals surface area contributed by atoms with Crippen LogP contribution in [0.1, 0.15) is 90.9 Å². The second-order valence-electron chi connectivity index (χ2n) is 7.90. The quantitative estimate of drug-likeness (QED) is 0.145. The molecule has 0 bridgehead atoms. The number of unbranched alkanes of at least 4 members (excludes halogenated alkanes) is 11. The summed E-state index contributed by atoms with van der Waals surface area (Å²) in [4.78, 5) is 22.9. The Labute approximate surface area is 184 Å². The van der Waals surface area contributed by atoms with Crippen molar-refractivity contribution >= 4 is 11.9 Å². The van der Waals surface area contributed by atoms with Crippen LogP contribution in [0.4, 0.5) is 30.7 Å². The molecule has 4 nitrogen and oxygen atoms in total. The van der Waals surface area contributed by atoms with Gasteiger partial charge in [0.1, 0.15) is 6.04 Å². The third kappa shape index (κ3) is 10.4. The second kappa shape index (κ2) is 14.6. The van der Waals surface area contributed by atoms with Crippen molar-refractivity contribution in [2.24, 2.45) is 0 Å². The molecule has 0 aromatic carbocycles. The highest BCUT2D eigenvalue weighted by Crippen LogP contribution is 2.46. The van der Waals surface area contributed by atoms with Crippen LogP contribution in [-0.4, -0.2) is 42.5 Å². The first-order valence-corrected chi connectivity index (χ1v) is 11.1. The molecule has 190 valence electrons. The largest absolute Gasteiger partial charge is 0.464 e. The van der Waals surface area contributed by atoms with Gasteiger partial charge in [0.05, 0.1) is 6.61 Å². The lowest BCUT2D eigenvalue weighted by atomic mass is 10.1. The van der Waals surface area contributed by atoms with Gasteiger partial charge in [-0.05, 0) is 13.3 Å². The third-order valence-electron chi connectivity index (χ3n) is 4.98. The predicted octanol–water partition coefficient (Wildman–Crippen LogP) is 6.57. The molecule has 1 N–H and O–H groups in total. The minimum atomic E-state index is -6.63. The summed E-state index contributed by atoms with van der Waals surface area (Å²) in [7, 11) is 0. The van der Waals surface area contributed by atoms with Crippen molar-refractivity contribution in [3.63, 3.8) is 0 Å². The Kier molecular flexibility index (Phi) is 13.9. The molecule has 11 heteroatoms. The van der Waals surface area contributed by atoms with Crippen LogP contribution in [0, 0.1) is 0 Å². The lowest BCUT2D eigenvalue weighted by molar-refractivity contribution is -0.344. The van der Waals surface area contributed by atoms with E-state index >= 15 is 0 Å². The van der Waals surface area contributed by atoms with Gasteiger partial charge in [0.25, 0.3) is 5.91 Å². The maximum Gasteiger partial charge on any atom is 0.460 e. The number of alkyl halides is 7. The number of hydrogen-bond acceptors (Lipinski definition) is 3. The van der Waals surface area contributed by atoms with E-state index in [1.807, 2.05) is 0 Å². The summed E-state index contributed by atoms with van der Waals surface area (Å²) in [6, 6.07) is -1.81. The van der Waals surface area contributed by atoms with Gasteiger partial charge in [0.15, 0.2) is 0 Å². The summed E-state index contributed by atoms with van der Waals surface area (Å²) in [5, 5.41) is 1.15. The van der Waals surface area contributed by atoms with Crippen LogP contribution in [-0.2, 0) is 14.3 Å². The van der Waals surface area contributed by atoms with Crippen LogP contribution in [0.15, 0.2) is 0 Å². The molecule has 0 aliphatic heterocycles. The Balaban J connectivity index is 4.01. The monoisotopic (exact) mass is 481 g/mol. The van der Waals surface area contributed by atoms with Crippen molar-refractivity contribution in [3.05, 3.63) is 0 Å². The zero-order valence-corrected chi connectivity index (χ0v) is 18.6. The van der Waals surface area contributed by atoms with E-state index in [1.54, 1.807) is 0 Å². The van der Waals surface area contributed by atoms with Gasteiger partial charge in [-0.15, -0.1) is 0 Å². The van der Waals surface area contributed by atoms with E-state index in [2.05, 4.69) is 6.92 Å². The van der Waals surface area contributed by atoms with E-state index in [9.17, 15) is 40.3 Å². The number of hydrogen-bond donors (Lipinski definition) is 1. The van der Waals surface area contributed by atoms with Gasteiger partial charge in [-0.25, -0.2) is 4.79 Å². The van der Waals surface area contributed by atoms with Gasteiger partial charge >= 0.3 is 24.0 Å². The van der Waals surface area contributed by atoms with Gasteiger partial charge in [0.2, 0.25) is 0 Å². The molecule has 0 rings (SSSR count). The molecule has 0 aliphatic carbocycles. The van der Waals surface area contributed by atoms with Crippen molar-refractivity contribution < 1.29 is 45.1 Å². The van der Waals surface area contributed by atoms with E-state index in [0.29, 0.717) is 6.42 Å². The second-order valence-corrected chi connectivity index (χ2v) is 7.90. The highest BCUT2D eigenvalue weighted by molar-refractivity contribution is 5.89. The maximum absolute atomic E-state index is 13.3. The SMILES string of the molecule is CCCCCCCCCCCCCCOC(=O)C(C)NC(=O)C(F)(F)C(F)(F)C(F)(F)F. The van der Waals surface area contributed by atoms with E-state index < -0.39 is 35.9 Å². The van der Waals surface area contributed by atoms with E-state index in [-0.39, 0.29) is 6.61 Å². The summed E-state index contributed by atoms with van der Waals surface area (Å²) in [6.45, 7) is 2.95. The van der Waals surface area contributed by atoms with Crippen LogP contribution >= 0.6 is 0 Å². The fourth-order valence-electron chi connectivity index (χ4n) is 2.91. The first-order valence-electron chi connectivity index (χ1n) is 11.1. The van der Waals surface area contributed by atoms with Crippen LogP contribution in [0.2, 0.25) is 0 Å². The highest BCUT2D eigenvalue weighted by atomic mass is 19.4. The molecule has 0 fully saturated rings. The number of carbonyl (C=O) groups is 2. The molecule has 0 radical (unpaired) electrons. The lowest BCUT2D eigenvalue weighted by Crippen LogP contribution is -2.61. The van der Waals surface area contributed by atoms with Gasteiger partial charge < -0.3 is 10.1 Å². The van der Waals surface area contributed by atoms with Crippen LogP contribution in [0.3, 0.4) is 0 Å². The van der Waals surface area contributed by atoms with Crippen molar-refractivity contribution in [1.82, 2.24) is 5.32 Å². The first-order chi connectivity index (χ1) is 14.8. The van der Waals surface area contributed by atoms with Crippen molar-refractivity contribution in [2.45, 2.75) is 115 Å². The zero-order valence-electron chi connectivity index (χ0n) is 18.6. The molecule has 0 saturated carbocycles. The Morgan fingerprint density at radius 2 is 1.16 bits per heavy atom. The summed E-state index contributed by atoms with van der Waals surface area (Å²) in [5.41, 5.74) is 0. The molecular weight excluding hydrogens is 447 g/mol. The summed E-state index contributed by atoms with van der Waals surface area (Å²) >= 11 is 0. The molecule has 1 unspecified atom stereocenters. The minimum absolute atomic E-state index is 0.0778. The molecule has 0 spiro atoms.